The average Bonchev–Trinajstić information content (AvgIpc) is 2.98. The van der Waals surface area contributed by atoms with E-state index in [9.17, 15) is 0 Å². The van der Waals surface area contributed by atoms with Crippen molar-refractivity contribution >= 4 is 22.6 Å². The number of benzene rings is 1. The maximum Gasteiger partial charge on any atom is 0.180 e. The van der Waals surface area contributed by atoms with Crippen LogP contribution in [-0.4, -0.2) is 11.7 Å². The molecule has 0 aliphatic heterocycles. The molecule has 0 amide bonds. The van der Waals surface area contributed by atoms with Crippen molar-refractivity contribution in [2.75, 3.05) is 6.54 Å². The standard InChI is InChI=1S/C11H11ClN2O/c12-10-9-7(11(6-13)4-5-11)2-1-3-8(9)15-14-10/h1-3H,4-6,13H2. The minimum atomic E-state index is 0.120. The largest absolute Gasteiger partial charge is 0.355 e. The minimum absolute atomic E-state index is 0.120. The van der Waals surface area contributed by atoms with Gasteiger partial charge in [-0.05, 0) is 24.5 Å². The summed E-state index contributed by atoms with van der Waals surface area (Å²) in [5.41, 5.74) is 7.87. The highest BCUT2D eigenvalue weighted by Gasteiger charge is 2.44. The van der Waals surface area contributed by atoms with E-state index in [1.54, 1.807) is 0 Å². The average molecular weight is 223 g/mol. The summed E-state index contributed by atoms with van der Waals surface area (Å²) in [6.45, 7) is 0.660. The lowest BCUT2D eigenvalue weighted by atomic mass is 9.93. The van der Waals surface area contributed by atoms with Crippen LogP contribution in [0.5, 0.6) is 0 Å². The summed E-state index contributed by atoms with van der Waals surface area (Å²) >= 11 is 6.02. The molecule has 4 heteroatoms. The summed E-state index contributed by atoms with van der Waals surface area (Å²) in [6.07, 6.45) is 2.26. The first-order valence-corrected chi connectivity index (χ1v) is 5.39. The molecule has 1 heterocycles. The molecule has 3 rings (SSSR count). The van der Waals surface area contributed by atoms with Crippen molar-refractivity contribution in [2.45, 2.75) is 18.3 Å². The van der Waals surface area contributed by atoms with Crippen LogP contribution >= 0.6 is 11.6 Å². The van der Waals surface area contributed by atoms with E-state index in [2.05, 4.69) is 11.2 Å². The number of rotatable bonds is 2. The quantitative estimate of drug-likeness (QED) is 0.849. The maximum atomic E-state index is 6.02. The van der Waals surface area contributed by atoms with Gasteiger partial charge in [-0.2, -0.15) is 0 Å². The first-order chi connectivity index (χ1) is 7.27. The van der Waals surface area contributed by atoms with Gasteiger partial charge >= 0.3 is 0 Å². The molecule has 2 N–H and O–H groups in total. The Morgan fingerprint density at radius 2 is 2.27 bits per heavy atom. The molecule has 0 bridgehead atoms. The second-order valence-electron chi connectivity index (χ2n) is 4.14. The molecule has 1 saturated carbocycles. The van der Waals surface area contributed by atoms with Crippen LogP contribution in [0.4, 0.5) is 0 Å². The number of hydrogen-bond donors (Lipinski definition) is 1. The second kappa shape index (κ2) is 2.97. The third kappa shape index (κ3) is 1.20. The van der Waals surface area contributed by atoms with Crippen LogP contribution in [0.25, 0.3) is 11.0 Å². The lowest BCUT2D eigenvalue weighted by Gasteiger charge is -2.13. The van der Waals surface area contributed by atoms with Crippen molar-refractivity contribution in [1.82, 2.24) is 5.16 Å². The van der Waals surface area contributed by atoms with Crippen LogP contribution in [0.3, 0.4) is 0 Å². The lowest BCUT2D eigenvalue weighted by Crippen LogP contribution is -2.19. The van der Waals surface area contributed by atoms with Gasteiger partial charge in [0.1, 0.15) is 0 Å². The van der Waals surface area contributed by atoms with Gasteiger partial charge in [-0.25, -0.2) is 0 Å². The first-order valence-electron chi connectivity index (χ1n) is 5.01. The van der Waals surface area contributed by atoms with Gasteiger partial charge in [0.25, 0.3) is 0 Å². The van der Waals surface area contributed by atoms with Crippen LogP contribution in [-0.2, 0) is 5.41 Å². The van der Waals surface area contributed by atoms with E-state index in [4.69, 9.17) is 21.9 Å². The molecule has 0 unspecified atom stereocenters. The molecule has 1 aromatic carbocycles. The van der Waals surface area contributed by atoms with Gasteiger partial charge in [0.15, 0.2) is 10.7 Å². The van der Waals surface area contributed by atoms with Gasteiger partial charge in [-0.1, -0.05) is 28.9 Å². The molecular formula is C11H11ClN2O. The van der Waals surface area contributed by atoms with E-state index in [0.717, 1.165) is 23.8 Å². The van der Waals surface area contributed by atoms with Crippen LogP contribution < -0.4 is 5.73 Å². The fraction of sp³-hybridized carbons (Fsp3) is 0.364. The summed E-state index contributed by atoms with van der Waals surface area (Å²) in [7, 11) is 0. The number of aromatic nitrogens is 1. The van der Waals surface area contributed by atoms with E-state index in [1.807, 2.05) is 12.1 Å². The van der Waals surface area contributed by atoms with E-state index in [-0.39, 0.29) is 5.41 Å². The number of nitrogens with two attached hydrogens (primary N) is 1. The van der Waals surface area contributed by atoms with Crippen LogP contribution in [0.1, 0.15) is 18.4 Å². The second-order valence-corrected chi connectivity index (χ2v) is 4.49. The van der Waals surface area contributed by atoms with Gasteiger partial charge in [0.2, 0.25) is 0 Å². The number of hydrogen-bond acceptors (Lipinski definition) is 3. The zero-order chi connectivity index (χ0) is 10.5. The fourth-order valence-electron chi connectivity index (χ4n) is 2.13. The topological polar surface area (TPSA) is 52.0 Å². The highest BCUT2D eigenvalue weighted by Crippen LogP contribution is 2.50. The summed E-state index contributed by atoms with van der Waals surface area (Å²) < 4.78 is 5.13. The van der Waals surface area contributed by atoms with Crippen LogP contribution in [0, 0.1) is 0 Å². The van der Waals surface area contributed by atoms with Crippen molar-refractivity contribution in [3.63, 3.8) is 0 Å². The molecule has 0 spiro atoms. The zero-order valence-corrected chi connectivity index (χ0v) is 8.92. The lowest BCUT2D eigenvalue weighted by molar-refractivity contribution is 0.457. The van der Waals surface area contributed by atoms with Gasteiger partial charge in [-0.15, -0.1) is 0 Å². The molecule has 0 atom stereocenters. The number of halogens is 1. The molecule has 15 heavy (non-hydrogen) atoms. The monoisotopic (exact) mass is 222 g/mol. The SMILES string of the molecule is NCC1(c2cccc3onc(Cl)c23)CC1. The highest BCUT2D eigenvalue weighted by molar-refractivity contribution is 6.34. The minimum Gasteiger partial charge on any atom is -0.355 e. The van der Waals surface area contributed by atoms with Gasteiger partial charge in [-0.3, -0.25) is 0 Å². The molecule has 0 saturated heterocycles. The predicted octanol–water partition coefficient (Wildman–Crippen LogP) is 2.47. The van der Waals surface area contributed by atoms with E-state index in [1.165, 1.54) is 5.56 Å². The van der Waals surface area contributed by atoms with Gasteiger partial charge in [0.05, 0.1) is 5.39 Å². The highest BCUT2D eigenvalue weighted by atomic mass is 35.5. The molecule has 0 radical (unpaired) electrons. The molecule has 78 valence electrons. The van der Waals surface area contributed by atoms with Gasteiger partial charge in [0, 0.05) is 12.0 Å². The summed E-state index contributed by atoms with van der Waals surface area (Å²) in [5.74, 6) is 0. The number of fused-ring (bicyclic) bond motifs is 1. The normalized spacial score (nSPS) is 18.3. The van der Waals surface area contributed by atoms with Crippen LogP contribution in [0.15, 0.2) is 22.7 Å². The van der Waals surface area contributed by atoms with Crippen molar-refractivity contribution < 1.29 is 4.52 Å². The fourth-order valence-corrected chi connectivity index (χ4v) is 2.36. The summed E-state index contributed by atoms with van der Waals surface area (Å²) in [5, 5.41) is 5.16. The Morgan fingerprint density at radius 1 is 1.47 bits per heavy atom. The summed E-state index contributed by atoms with van der Waals surface area (Å²) in [6, 6.07) is 5.92. The Morgan fingerprint density at radius 3 is 2.93 bits per heavy atom. The zero-order valence-electron chi connectivity index (χ0n) is 8.16. The van der Waals surface area contributed by atoms with Gasteiger partial charge < -0.3 is 10.3 Å². The third-order valence-electron chi connectivity index (χ3n) is 3.27. The molecule has 2 aromatic rings. The Labute approximate surface area is 92.2 Å². The molecule has 1 aliphatic carbocycles. The van der Waals surface area contributed by atoms with E-state index >= 15 is 0 Å². The van der Waals surface area contributed by atoms with Crippen molar-refractivity contribution in [3.8, 4) is 0 Å². The Kier molecular flexibility index (Phi) is 1.82. The predicted molar refractivity (Wildman–Crippen MR) is 59.0 cm³/mol. The molecular weight excluding hydrogens is 212 g/mol. The summed E-state index contributed by atoms with van der Waals surface area (Å²) in [4.78, 5) is 0. The first kappa shape index (κ1) is 9.19. The Balaban J connectivity index is 2.30. The molecule has 1 fully saturated rings. The molecule has 1 aromatic heterocycles. The van der Waals surface area contributed by atoms with E-state index < -0.39 is 0 Å². The molecule has 3 nitrogen and oxygen atoms in total. The van der Waals surface area contributed by atoms with Crippen molar-refractivity contribution in [1.29, 1.82) is 0 Å². The van der Waals surface area contributed by atoms with Crippen molar-refractivity contribution in [3.05, 3.63) is 28.9 Å². The number of nitrogens with zero attached hydrogens (tertiary/aromatic N) is 1. The third-order valence-corrected chi connectivity index (χ3v) is 3.53. The smallest absolute Gasteiger partial charge is 0.180 e. The van der Waals surface area contributed by atoms with Crippen LogP contribution in [0.2, 0.25) is 5.15 Å². The maximum absolute atomic E-state index is 6.02. The Hall–Kier alpha value is -1.06. The van der Waals surface area contributed by atoms with E-state index in [0.29, 0.717) is 11.7 Å². The molecule has 1 aliphatic rings. The Bertz CT molecular complexity index is 516. The van der Waals surface area contributed by atoms with Crippen molar-refractivity contribution in [2.24, 2.45) is 5.73 Å².